The Bertz CT molecular complexity index is 576. The molecule has 0 spiro atoms. The normalized spacial score (nSPS) is 12.3. The van der Waals surface area contributed by atoms with Gasteiger partial charge in [0.1, 0.15) is 5.75 Å². The Morgan fingerprint density at radius 1 is 1.05 bits per heavy atom. The maximum Gasteiger partial charge on any atom is 0.120 e. The third-order valence-electron chi connectivity index (χ3n) is 2.84. The van der Waals surface area contributed by atoms with Crippen molar-refractivity contribution in [1.29, 1.82) is 0 Å². The highest BCUT2D eigenvalue weighted by Crippen LogP contribution is 2.36. The largest absolute Gasteiger partial charge is 0.497 e. The molecule has 0 aromatic heterocycles. The molecule has 4 heteroatoms. The molecule has 0 aliphatic heterocycles. The van der Waals surface area contributed by atoms with Crippen molar-refractivity contribution in [3.8, 4) is 5.75 Å². The van der Waals surface area contributed by atoms with E-state index in [-0.39, 0.29) is 5.38 Å². The van der Waals surface area contributed by atoms with Crippen LogP contribution in [0.15, 0.2) is 36.4 Å². The van der Waals surface area contributed by atoms with Gasteiger partial charge in [-0.3, -0.25) is 0 Å². The van der Waals surface area contributed by atoms with Crippen LogP contribution >= 0.6 is 34.8 Å². The smallest absolute Gasteiger partial charge is 0.120 e. The Hall–Kier alpha value is -0.890. The van der Waals surface area contributed by atoms with Gasteiger partial charge in [-0.25, -0.2) is 0 Å². The lowest BCUT2D eigenvalue weighted by Crippen LogP contribution is -1.96. The van der Waals surface area contributed by atoms with Crippen LogP contribution < -0.4 is 4.74 Å². The van der Waals surface area contributed by atoms with Crippen LogP contribution in [0.3, 0.4) is 0 Å². The van der Waals surface area contributed by atoms with E-state index < -0.39 is 0 Å². The summed E-state index contributed by atoms with van der Waals surface area (Å²) in [4.78, 5) is 0. The number of hydrogen-bond acceptors (Lipinski definition) is 1. The third kappa shape index (κ3) is 3.36. The first-order chi connectivity index (χ1) is 9.01. The molecular weight excluding hydrogens is 303 g/mol. The van der Waals surface area contributed by atoms with Gasteiger partial charge < -0.3 is 4.74 Å². The first-order valence-electron chi connectivity index (χ1n) is 5.76. The summed E-state index contributed by atoms with van der Waals surface area (Å²) in [5.41, 5.74) is 2.84. The van der Waals surface area contributed by atoms with Crippen molar-refractivity contribution in [2.24, 2.45) is 0 Å². The second-order valence-corrected chi connectivity index (χ2v) is 5.59. The zero-order valence-corrected chi connectivity index (χ0v) is 12.9. The Kier molecular flexibility index (Phi) is 4.62. The zero-order chi connectivity index (χ0) is 14.0. The lowest BCUT2D eigenvalue weighted by atomic mass is 10.0. The molecule has 0 saturated carbocycles. The van der Waals surface area contributed by atoms with Crippen LogP contribution in [0.5, 0.6) is 5.75 Å². The molecule has 0 heterocycles. The van der Waals surface area contributed by atoms with E-state index in [1.807, 2.05) is 37.3 Å². The summed E-state index contributed by atoms with van der Waals surface area (Å²) in [6, 6.07) is 11.2. The first-order valence-corrected chi connectivity index (χ1v) is 6.95. The van der Waals surface area contributed by atoms with Crippen LogP contribution in [0.4, 0.5) is 0 Å². The molecule has 2 rings (SSSR count). The van der Waals surface area contributed by atoms with Gasteiger partial charge in [0.25, 0.3) is 0 Å². The molecule has 1 nitrogen and oxygen atoms in total. The SMILES string of the molecule is COc1ccc(C(Cl)c2cc(C)cc(Cl)c2)c(Cl)c1. The van der Waals surface area contributed by atoms with Crippen LogP contribution in [0.25, 0.3) is 0 Å². The number of rotatable bonds is 3. The van der Waals surface area contributed by atoms with Gasteiger partial charge in [0.15, 0.2) is 0 Å². The summed E-state index contributed by atoms with van der Waals surface area (Å²) < 4.78 is 5.13. The van der Waals surface area contributed by atoms with Crippen molar-refractivity contribution in [1.82, 2.24) is 0 Å². The van der Waals surface area contributed by atoms with Crippen molar-refractivity contribution >= 4 is 34.8 Å². The molecule has 0 radical (unpaired) electrons. The number of alkyl halides is 1. The predicted octanol–water partition coefficient (Wildman–Crippen LogP) is 5.64. The van der Waals surface area contributed by atoms with Gasteiger partial charge in [0.05, 0.1) is 12.5 Å². The molecule has 19 heavy (non-hydrogen) atoms. The quantitative estimate of drug-likeness (QED) is 0.666. The second kappa shape index (κ2) is 6.04. The van der Waals surface area contributed by atoms with Crippen molar-refractivity contribution in [3.63, 3.8) is 0 Å². The Morgan fingerprint density at radius 2 is 1.79 bits per heavy atom. The fraction of sp³-hybridized carbons (Fsp3) is 0.200. The number of aryl methyl sites for hydroxylation is 1. The average molecular weight is 316 g/mol. The maximum absolute atomic E-state index is 6.49. The van der Waals surface area contributed by atoms with E-state index in [0.29, 0.717) is 15.8 Å². The minimum Gasteiger partial charge on any atom is -0.497 e. The number of halogens is 3. The fourth-order valence-corrected chi connectivity index (χ4v) is 2.88. The monoisotopic (exact) mass is 314 g/mol. The van der Waals surface area contributed by atoms with E-state index in [1.165, 1.54) is 0 Å². The van der Waals surface area contributed by atoms with Crippen molar-refractivity contribution in [2.45, 2.75) is 12.3 Å². The van der Waals surface area contributed by atoms with Crippen molar-refractivity contribution < 1.29 is 4.74 Å². The maximum atomic E-state index is 6.49. The summed E-state index contributed by atoms with van der Waals surface area (Å²) in [5, 5.41) is 0.915. The molecule has 0 amide bonds. The predicted molar refractivity (Wildman–Crippen MR) is 81.9 cm³/mol. The van der Waals surface area contributed by atoms with Crippen LogP contribution in [-0.2, 0) is 0 Å². The molecule has 1 atom stereocenters. The lowest BCUT2D eigenvalue weighted by molar-refractivity contribution is 0.414. The Labute approximate surface area is 128 Å². The molecule has 2 aromatic rings. The standard InChI is InChI=1S/C15H13Cl3O/c1-9-5-10(7-11(16)6-9)15(18)13-4-3-12(19-2)8-14(13)17/h3-8,15H,1-2H3. The molecular formula is C15H13Cl3O. The minimum absolute atomic E-state index is 0.337. The molecule has 0 fully saturated rings. The van der Waals surface area contributed by atoms with Crippen LogP contribution in [0, 0.1) is 6.92 Å². The summed E-state index contributed by atoms with van der Waals surface area (Å²) in [6.45, 7) is 1.98. The van der Waals surface area contributed by atoms with Gasteiger partial charge in [-0.2, -0.15) is 0 Å². The molecule has 100 valence electrons. The summed E-state index contributed by atoms with van der Waals surface area (Å²) in [5.74, 6) is 0.708. The van der Waals surface area contributed by atoms with Crippen LogP contribution in [-0.4, -0.2) is 7.11 Å². The molecule has 0 aliphatic carbocycles. The van der Waals surface area contributed by atoms with Crippen LogP contribution in [0.1, 0.15) is 22.1 Å². The van der Waals surface area contributed by atoms with E-state index in [0.717, 1.165) is 16.7 Å². The highest BCUT2D eigenvalue weighted by atomic mass is 35.5. The zero-order valence-electron chi connectivity index (χ0n) is 10.6. The van der Waals surface area contributed by atoms with Gasteiger partial charge in [-0.15, -0.1) is 11.6 Å². The van der Waals surface area contributed by atoms with E-state index in [2.05, 4.69) is 0 Å². The molecule has 0 bridgehead atoms. The molecule has 2 aromatic carbocycles. The summed E-state index contributed by atoms with van der Waals surface area (Å²) >= 11 is 18.8. The van der Waals surface area contributed by atoms with Gasteiger partial charge in [0.2, 0.25) is 0 Å². The lowest BCUT2D eigenvalue weighted by Gasteiger charge is -2.14. The van der Waals surface area contributed by atoms with Gasteiger partial charge in [-0.05, 0) is 47.9 Å². The minimum atomic E-state index is -0.337. The summed E-state index contributed by atoms with van der Waals surface area (Å²) in [7, 11) is 1.60. The van der Waals surface area contributed by atoms with E-state index in [1.54, 1.807) is 13.2 Å². The fourth-order valence-electron chi connectivity index (χ4n) is 1.93. The van der Waals surface area contributed by atoms with Gasteiger partial charge in [-0.1, -0.05) is 35.3 Å². The third-order valence-corrected chi connectivity index (χ3v) is 3.87. The summed E-state index contributed by atoms with van der Waals surface area (Å²) in [6.07, 6.45) is 0. The number of ether oxygens (including phenoxy) is 1. The topological polar surface area (TPSA) is 9.23 Å². The number of hydrogen-bond donors (Lipinski definition) is 0. The molecule has 1 unspecified atom stereocenters. The van der Waals surface area contributed by atoms with Crippen molar-refractivity contribution in [2.75, 3.05) is 7.11 Å². The first kappa shape index (κ1) is 14.5. The Balaban J connectivity index is 2.40. The van der Waals surface area contributed by atoms with Crippen molar-refractivity contribution in [3.05, 3.63) is 63.1 Å². The Morgan fingerprint density at radius 3 is 2.37 bits per heavy atom. The second-order valence-electron chi connectivity index (χ2n) is 4.31. The van der Waals surface area contributed by atoms with E-state index >= 15 is 0 Å². The molecule has 0 N–H and O–H groups in total. The van der Waals surface area contributed by atoms with Gasteiger partial charge in [0, 0.05) is 10.0 Å². The molecule has 0 saturated heterocycles. The van der Waals surface area contributed by atoms with E-state index in [4.69, 9.17) is 39.5 Å². The van der Waals surface area contributed by atoms with Crippen LogP contribution in [0.2, 0.25) is 10.0 Å². The van der Waals surface area contributed by atoms with E-state index in [9.17, 15) is 0 Å². The number of benzene rings is 2. The number of methoxy groups -OCH3 is 1. The average Bonchev–Trinajstić information content (AvgIpc) is 2.36. The highest BCUT2D eigenvalue weighted by Gasteiger charge is 2.15. The van der Waals surface area contributed by atoms with Gasteiger partial charge >= 0.3 is 0 Å². The highest BCUT2D eigenvalue weighted by molar-refractivity contribution is 6.33. The molecule has 0 aliphatic rings.